The lowest BCUT2D eigenvalue weighted by molar-refractivity contribution is -0.137. The third-order valence-corrected chi connectivity index (χ3v) is 2.36. The Bertz CT molecular complexity index is 204. The van der Waals surface area contributed by atoms with E-state index in [1.807, 2.05) is 18.7 Å². The van der Waals surface area contributed by atoms with E-state index in [0.29, 0.717) is 12.8 Å². The summed E-state index contributed by atoms with van der Waals surface area (Å²) in [6.45, 7) is 5.31. The lowest BCUT2D eigenvalue weighted by Gasteiger charge is -2.19. The first kappa shape index (κ1) is 13.9. The molecular formula is C11H21NO3. The van der Waals surface area contributed by atoms with E-state index in [1.165, 1.54) is 0 Å². The van der Waals surface area contributed by atoms with E-state index in [9.17, 15) is 9.59 Å². The van der Waals surface area contributed by atoms with Crippen molar-refractivity contribution in [2.45, 2.75) is 46.0 Å². The second-order valence-electron chi connectivity index (χ2n) is 3.53. The Morgan fingerprint density at radius 2 is 1.80 bits per heavy atom. The largest absolute Gasteiger partial charge is 0.481 e. The SMILES string of the molecule is CCC(=O)N(CC)CCCCCC(=O)O. The van der Waals surface area contributed by atoms with Gasteiger partial charge in [0, 0.05) is 25.9 Å². The Labute approximate surface area is 91.3 Å². The molecule has 1 N–H and O–H groups in total. The molecule has 0 unspecified atom stereocenters. The first-order valence-electron chi connectivity index (χ1n) is 5.61. The van der Waals surface area contributed by atoms with Gasteiger partial charge in [0.25, 0.3) is 0 Å². The van der Waals surface area contributed by atoms with Gasteiger partial charge in [-0.05, 0) is 19.8 Å². The van der Waals surface area contributed by atoms with Crippen LogP contribution in [0.2, 0.25) is 0 Å². The van der Waals surface area contributed by atoms with Gasteiger partial charge in [0.1, 0.15) is 0 Å². The number of carbonyl (C=O) groups excluding carboxylic acids is 1. The number of hydrogen-bond donors (Lipinski definition) is 1. The van der Waals surface area contributed by atoms with Crippen LogP contribution in [0.4, 0.5) is 0 Å². The summed E-state index contributed by atoms with van der Waals surface area (Å²) in [6, 6.07) is 0. The van der Waals surface area contributed by atoms with Gasteiger partial charge in [0.05, 0.1) is 0 Å². The van der Waals surface area contributed by atoms with E-state index in [-0.39, 0.29) is 12.3 Å². The Morgan fingerprint density at radius 3 is 2.27 bits per heavy atom. The molecule has 0 aliphatic heterocycles. The molecule has 0 saturated heterocycles. The van der Waals surface area contributed by atoms with Crippen LogP contribution < -0.4 is 0 Å². The van der Waals surface area contributed by atoms with Gasteiger partial charge < -0.3 is 10.0 Å². The molecule has 1 amide bonds. The summed E-state index contributed by atoms with van der Waals surface area (Å²) < 4.78 is 0. The summed E-state index contributed by atoms with van der Waals surface area (Å²) in [7, 11) is 0. The zero-order valence-electron chi connectivity index (χ0n) is 9.66. The summed E-state index contributed by atoms with van der Waals surface area (Å²) in [5, 5.41) is 8.43. The van der Waals surface area contributed by atoms with Crippen molar-refractivity contribution in [3.05, 3.63) is 0 Å². The molecule has 4 heteroatoms. The third-order valence-electron chi connectivity index (χ3n) is 2.36. The smallest absolute Gasteiger partial charge is 0.303 e. The van der Waals surface area contributed by atoms with Crippen LogP contribution in [0, 0.1) is 0 Å². The summed E-state index contributed by atoms with van der Waals surface area (Å²) >= 11 is 0. The van der Waals surface area contributed by atoms with Gasteiger partial charge in [-0.25, -0.2) is 0 Å². The molecule has 0 aromatic carbocycles. The van der Waals surface area contributed by atoms with Crippen LogP contribution in [0.3, 0.4) is 0 Å². The molecule has 0 radical (unpaired) electrons. The van der Waals surface area contributed by atoms with Gasteiger partial charge in [-0.15, -0.1) is 0 Å². The van der Waals surface area contributed by atoms with E-state index in [2.05, 4.69) is 0 Å². The van der Waals surface area contributed by atoms with Crippen molar-refractivity contribution in [3.8, 4) is 0 Å². The zero-order valence-corrected chi connectivity index (χ0v) is 9.66. The third kappa shape index (κ3) is 6.94. The molecule has 0 rings (SSSR count). The predicted molar refractivity (Wildman–Crippen MR) is 58.6 cm³/mol. The van der Waals surface area contributed by atoms with Crippen LogP contribution in [-0.4, -0.2) is 35.0 Å². The van der Waals surface area contributed by atoms with Crippen molar-refractivity contribution >= 4 is 11.9 Å². The molecule has 0 aliphatic carbocycles. The highest BCUT2D eigenvalue weighted by Gasteiger charge is 2.07. The van der Waals surface area contributed by atoms with Crippen LogP contribution >= 0.6 is 0 Å². The first-order chi connectivity index (χ1) is 7.11. The number of amides is 1. The fraction of sp³-hybridized carbons (Fsp3) is 0.818. The molecule has 0 aliphatic rings. The van der Waals surface area contributed by atoms with Gasteiger partial charge in [-0.1, -0.05) is 13.3 Å². The number of rotatable bonds is 8. The molecule has 0 fully saturated rings. The molecule has 88 valence electrons. The van der Waals surface area contributed by atoms with Crippen molar-refractivity contribution in [1.29, 1.82) is 0 Å². The van der Waals surface area contributed by atoms with Crippen molar-refractivity contribution in [2.75, 3.05) is 13.1 Å². The van der Waals surface area contributed by atoms with Crippen molar-refractivity contribution in [1.82, 2.24) is 4.90 Å². The molecule has 4 nitrogen and oxygen atoms in total. The van der Waals surface area contributed by atoms with Gasteiger partial charge in [-0.2, -0.15) is 0 Å². The first-order valence-corrected chi connectivity index (χ1v) is 5.61. The average molecular weight is 215 g/mol. The minimum Gasteiger partial charge on any atom is -0.481 e. The number of nitrogens with zero attached hydrogens (tertiary/aromatic N) is 1. The van der Waals surface area contributed by atoms with E-state index >= 15 is 0 Å². The normalized spacial score (nSPS) is 10.0. The Balaban J connectivity index is 3.55. The van der Waals surface area contributed by atoms with Gasteiger partial charge in [0.2, 0.25) is 5.91 Å². The standard InChI is InChI=1S/C11H21NO3/c1-3-10(13)12(4-2)9-7-5-6-8-11(14)15/h3-9H2,1-2H3,(H,14,15). The Kier molecular flexibility index (Phi) is 7.68. The Morgan fingerprint density at radius 1 is 1.13 bits per heavy atom. The fourth-order valence-electron chi connectivity index (χ4n) is 1.44. The Hall–Kier alpha value is -1.06. The van der Waals surface area contributed by atoms with E-state index in [0.717, 1.165) is 25.9 Å². The molecule has 0 spiro atoms. The number of unbranched alkanes of at least 4 members (excludes halogenated alkanes) is 2. The number of hydrogen-bond acceptors (Lipinski definition) is 2. The molecule has 0 aromatic heterocycles. The van der Waals surface area contributed by atoms with E-state index < -0.39 is 5.97 Å². The topological polar surface area (TPSA) is 57.6 Å². The summed E-state index contributed by atoms with van der Waals surface area (Å²) in [5.41, 5.74) is 0. The molecule has 15 heavy (non-hydrogen) atoms. The minimum absolute atomic E-state index is 0.177. The maximum atomic E-state index is 11.3. The summed E-state index contributed by atoms with van der Waals surface area (Å²) in [5.74, 6) is -0.567. The van der Waals surface area contributed by atoms with Crippen LogP contribution in [0.1, 0.15) is 46.0 Å². The highest BCUT2D eigenvalue weighted by Crippen LogP contribution is 2.03. The van der Waals surface area contributed by atoms with Crippen LogP contribution in [0.15, 0.2) is 0 Å². The quantitative estimate of drug-likeness (QED) is 0.629. The average Bonchev–Trinajstić information content (AvgIpc) is 2.22. The fourth-order valence-corrected chi connectivity index (χ4v) is 1.44. The number of carbonyl (C=O) groups is 2. The van der Waals surface area contributed by atoms with Crippen molar-refractivity contribution in [2.24, 2.45) is 0 Å². The lowest BCUT2D eigenvalue weighted by atomic mass is 10.2. The minimum atomic E-state index is -0.744. The molecule has 0 aromatic rings. The summed E-state index contributed by atoms with van der Waals surface area (Å²) in [4.78, 5) is 23.4. The predicted octanol–water partition coefficient (Wildman–Crippen LogP) is 1.89. The van der Waals surface area contributed by atoms with E-state index in [1.54, 1.807) is 0 Å². The van der Waals surface area contributed by atoms with Gasteiger partial charge in [0.15, 0.2) is 0 Å². The second kappa shape index (κ2) is 8.26. The van der Waals surface area contributed by atoms with Crippen LogP contribution in [0.25, 0.3) is 0 Å². The number of carboxylic acid groups (broad SMARTS) is 1. The van der Waals surface area contributed by atoms with Crippen LogP contribution in [-0.2, 0) is 9.59 Å². The van der Waals surface area contributed by atoms with Crippen molar-refractivity contribution in [3.63, 3.8) is 0 Å². The molecule has 0 bridgehead atoms. The highest BCUT2D eigenvalue weighted by molar-refractivity contribution is 5.75. The van der Waals surface area contributed by atoms with Crippen molar-refractivity contribution < 1.29 is 14.7 Å². The maximum absolute atomic E-state index is 11.3. The summed E-state index contributed by atoms with van der Waals surface area (Å²) in [6.07, 6.45) is 3.25. The second-order valence-corrected chi connectivity index (χ2v) is 3.53. The molecular weight excluding hydrogens is 194 g/mol. The monoisotopic (exact) mass is 215 g/mol. The molecule has 0 atom stereocenters. The number of aliphatic carboxylic acids is 1. The van der Waals surface area contributed by atoms with E-state index in [4.69, 9.17) is 5.11 Å². The molecule has 0 saturated carbocycles. The maximum Gasteiger partial charge on any atom is 0.303 e. The number of carboxylic acids is 1. The zero-order chi connectivity index (χ0) is 11.7. The van der Waals surface area contributed by atoms with Gasteiger partial charge in [-0.3, -0.25) is 9.59 Å². The molecule has 0 heterocycles. The lowest BCUT2D eigenvalue weighted by Crippen LogP contribution is -2.30. The highest BCUT2D eigenvalue weighted by atomic mass is 16.4. The van der Waals surface area contributed by atoms with Gasteiger partial charge >= 0.3 is 5.97 Å². The van der Waals surface area contributed by atoms with Crippen LogP contribution in [0.5, 0.6) is 0 Å².